The van der Waals surface area contributed by atoms with Gasteiger partial charge in [0.25, 0.3) is 5.91 Å². The number of hydrogen-bond acceptors (Lipinski definition) is 4. The van der Waals surface area contributed by atoms with E-state index in [4.69, 9.17) is 11.6 Å². The largest absolute Gasteiger partial charge is 0.346 e. The standard InChI is InChI=1S/C14H10ClN3OS/c15-14-18-11-7-9(4-5-12(11)20-14)13(19)17-8-10-3-1-2-6-16-10/h1-7H,8H2,(H,17,19). The lowest BCUT2D eigenvalue weighted by atomic mass is 10.2. The van der Waals surface area contributed by atoms with Crippen molar-refractivity contribution in [2.45, 2.75) is 6.54 Å². The number of rotatable bonds is 3. The van der Waals surface area contributed by atoms with Crippen molar-refractivity contribution in [2.75, 3.05) is 0 Å². The topological polar surface area (TPSA) is 54.9 Å². The highest BCUT2D eigenvalue weighted by molar-refractivity contribution is 7.22. The van der Waals surface area contributed by atoms with Crippen molar-refractivity contribution in [3.05, 3.63) is 58.3 Å². The normalized spacial score (nSPS) is 10.7. The van der Waals surface area contributed by atoms with Gasteiger partial charge in [0.1, 0.15) is 0 Å². The fourth-order valence-electron chi connectivity index (χ4n) is 1.82. The molecule has 1 amide bonds. The lowest BCUT2D eigenvalue weighted by Crippen LogP contribution is -2.23. The summed E-state index contributed by atoms with van der Waals surface area (Å²) in [5.41, 5.74) is 2.12. The Morgan fingerprint density at radius 1 is 1.30 bits per heavy atom. The SMILES string of the molecule is O=C(NCc1ccccn1)c1ccc2sc(Cl)nc2c1. The van der Waals surface area contributed by atoms with Crippen LogP contribution in [0.1, 0.15) is 16.1 Å². The van der Waals surface area contributed by atoms with Crippen LogP contribution < -0.4 is 5.32 Å². The number of hydrogen-bond donors (Lipinski definition) is 1. The van der Waals surface area contributed by atoms with Crippen LogP contribution in [0.4, 0.5) is 0 Å². The van der Waals surface area contributed by atoms with Gasteiger partial charge in [-0.05, 0) is 30.3 Å². The van der Waals surface area contributed by atoms with Gasteiger partial charge in [0.2, 0.25) is 0 Å². The molecule has 6 heteroatoms. The Labute approximate surface area is 124 Å². The van der Waals surface area contributed by atoms with Crippen LogP contribution in [0.25, 0.3) is 10.2 Å². The molecule has 20 heavy (non-hydrogen) atoms. The minimum absolute atomic E-state index is 0.151. The number of thiazole rings is 1. The van der Waals surface area contributed by atoms with Gasteiger partial charge in [-0.15, -0.1) is 11.3 Å². The number of carbonyl (C=O) groups excluding carboxylic acids is 1. The maximum Gasteiger partial charge on any atom is 0.251 e. The summed E-state index contributed by atoms with van der Waals surface area (Å²) in [5.74, 6) is -0.151. The minimum atomic E-state index is -0.151. The fourth-order valence-corrected chi connectivity index (χ4v) is 2.83. The highest BCUT2D eigenvalue weighted by Crippen LogP contribution is 2.26. The van der Waals surface area contributed by atoms with E-state index in [0.29, 0.717) is 16.6 Å². The molecular formula is C14H10ClN3OS. The van der Waals surface area contributed by atoms with Gasteiger partial charge in [-0.3, -0.25) is 9.78 Å². The predicted octanol–water partition coefficient (Wildman–Crippen LogP) is 3.27. The van der Waals surface area contributed by atoms with Crippen LogP contribution in [0.2, 0.25) is 4.47 Å². The van der Waals surface area contributed by atoms with Gasteiger partial charge >= 0.3 is 0 Å². The first kappa shape index (κ1) is 13.0. The summed E-state index contributed by atoms with van der Waals surface area (Å²) >= 11 is 7.25. The average molecular weight is 304 g/mol. The van der Waals surface area contributed by atoms with Crippen LogP contribution in [-0.2, 0) is 6.54 Å². The molecule has 1 N–H and O–H groups in total. The fraction of sp³-hybridized carbons (Fsp3) is 0.0714. The molecule has 100 valence electrons. The van der Waals surface area contributed by atoms with Gasteiger partial charge in [0.15, 0.2) is 4.47 Å². The van der Waals surface area contributed by atoms with Gasteiger partial charge < -0.3 is 5.32 Å². The Hall–Kier alpha value is -1.98. The third-order valence-corrected chi connectivity index (χ3v) is 3.92. The number of carbonyl (C=O) groups is 1. The molecule has 0 spiro atoms. The van der Waals surface area contributed by atoms with E-state index in [2.05, 4.69) is 15.3 Å². The highest BCUT2D eigenvalue weighted by atomic mass is 35.5. The van der Waals surface area contributed by atoms with E-state index >= 15 is 0 Å². The number of pyridine rings is 1. The first-order valence-corrected chi connectivity index (χ1v) is 7.16. The molecule has 0 saturated carbocycles. The number of halogens is 1. The number of nitrogens with one attached hydrogen (secondary N) is 1. The van der Waals surface area contributed by atoms with E-state index < -0.39 is 0 Å². The van der Waals surface area contributed by atoms with Crippen molar-refractivity contribution < 1.29 is 4.79 Å². The zero-order valence-electron chi connectivity index (χ0n) is 10.3. The van der Waals surface area contributed by atoms with Crippen LogP contribution in [0.5, 0.6) is 0 Å². The Morgan fingerprint density at radius 3 is 3.00 bits per heavy atom. The average Bonchev–Trinajstić information content (AvgIpc) is 2.85. The Kier molecular flexibility index (Phi) is 3.62. The van der Waals surface area contributed by atoms with Crippen molar-refractivity contribution in [3.63, 3.8) is 0 Å². The van der Waals surface area contributed by atoms with Crippen LogP contribution in [0.3, 0.4) is 0 Å². The van der Waals surface area contributed by atoms with Gasteiger partial charge in [-0.2, -0.15) is 0 Å². The Bertz CT molecular complexity index is 757. The number of amides is 1. The monoisotopic (exact) mass is 303 g/mol. The van der Waals surface area contributed by atoms with E-state index in [1.807, 2.05) is 24.3 Å². The number of benzene rings is 1. The lowest BCUT2D eigenvalue weighted by molar-refractivity contribution is 0.0950. The highest BCUT2D eigenvalue weighted by Gasteiger charge is 2.09. The molecule has 0 saturated heterocycles. The molecular weight excluding hydrogens is 294 g/mol. The van der Waals surface area contributed by atoms with Crippen LogP contribution in [0.15, 0.2) is 42.6 Å². The third kappa shape index (κ3) is 2.79. The summed E-state index contributed by atoms with van der Waals surface area (Å²) < 4.78 is 1.45. The predicted molar refractivity (Wildman–Crippen MR) is 80.0 cm³/mol. The summed E-state index contributed by atoms with van der Waals surface area (Å²) in [6.45, 7) is 0.398. The van der Waals surface area contributed by atoms with E-state index in [9.17, 15) is 4.79 Å². The molecule has 2 aromatic heterocycles. The molecule has 0 radical (unpaired) electrons. The van der Waals surface area contributed by atoms with Crippen LogP contribution in [-0.4, -0.2) is 15.9 Å². The summed E-state index contributed by atoms with van der Waals surface area (Å²) in [5, 5.41) is 2.83. The van der Waals surface area contributed by atoms with Crippen molar-refractivity contribution in [1.82, 2.24) is 15.3 Å². The smallest absolute Gasteiger partial charge is 0.251 e. The van der Waals surface area contributed by atoms with Crippen LogP contribution in [0, 0.1) is 0 Å². The van der Waals surface area contributed by atoms with Crippen molar-refractivity contribution in [2.24, 2.45) is 0 Å². The third-order valence-electron chi connectivity index (χ3n) is 2.78. The molecule has 0 fully saturated rings. The maximum absolute atomic E-state index is 12.1. The molecule has 3 rings (SSSR count). The first-order chi connectivity index (χ1) is 9.72. The van der Waals surface area contributed by atoms with Gasteiger partial charge in [0, 0.05) is 11.8 Å². The summed E-state index contributed by atoms with van der Waals surface area (Å²) in [6.07, 6.45) is 1.70. The summed E-state index contributed by atoms with van der Waals surface area (Å²) in [7, 11) is 0. The second-order valence-corrected chi connectivity index (χ2v) is 5.77. The van der Waals surface area contributed by atoms with E-state index in [1.54, 1.807) is 18.3 Å². The number of fused-ring (bicyclic) bond motifs is 1. The molecule has 0 bridgehead atoms. The number of aromatic nitrogens is 2. The number of nitrogens with zero attached hydrogens (tertiary/aromatic N) is 2. The van der Waals surface area contributed by atoms with Crippen molar-refractivity contribution >= 4 is 39.1 Å². The molecule has 0 aliphatic heterocycles. The molecule has 2 heterocycles. The zero-order chi connectivity index (χ0) is 13.9. The Morgan fingerprint density at radius 2 is 2.20 bits per heavy atom. The second-order valence-electron chi connectivity index (χ2n) is 4.15. The maximum atomic E-state index is 12.1. The van der Waals surface area contributed by atoms with Crippen molar-refractivity contribution in [3.8, 4) is 0 Å². The zero-order valence-corrected chi connectivity index (χ0v) is 11.9. The molecule has 4 nitrogen and oxygen atoms in total. The van der Waals surface area contributed by atoms with E-state index in [1.165, 1.54) is 11.3 Å². The molecule has 0 aliphatic carbocycles. The molecule has 0 unspecified atom stereocenters. The quantitative estimate of drug-likeness (QED) is 0.808. The van der Waals surface area contributed by atoms with E-state index in [-0.39, 0.29) is 5.91 Å². The van der Waals surface area contributed by atoms with Crippen LogP contribution >= 0.6 is 22.9 Å². The van der Waals surface area contributed by atoms with Gasteiger partial charge in [-0.25, -0.2) is 4.98 Å². The molecule has 0 atom stereocenters. The van der Waals surface area contributed by atoms with Gasteiger partial charge in [-0.1, -0.05) is 17.7 Å². The molecule has 3 aromatic rings. The molecule has 0 aliphatic rings. The summed E-state index contributed by atoms with van der Waals surface area (Å²) in [4.78, 5) is 20.4. The van der Waals surface area contributed by atoms with E-state index in [0.717, 1.165) is 15.9 Å². The van der Waals surface area contributed by atoms with Gasteiger partial charge in [0.05, 0.1) is 22.5 Å². The summed E-state index contributed by atoms with van der Waals surface area (Å²) in [6, 6.07) is 11.0. The molecule has 1 aromatic carbocycles. The Balaban J connectivity index is 1.75. The minimum Gasteiger partial charge on any atom is -0.346 e. The van der Waals surface area contributed by atoms with Crippen molar-refractivity contribution in [1.29, 1.82) is 0 Å². The second kappa shape index (κ2) is 5.56. The first-order valence-electron chi connectivity index (χ1n) is 5.96. The lowest BCUT2D eigenvalue weighted by Gasteiger charge is -2.04.